The second kappa shape index (κ2) is 9.84. The Bertz CT molecular complexity index is 614. The van der Waals surface area contributed by atoms with E-state index in [1.165, 1.54) is 51.4 Å². The fraction of sp³-hybridized carbons (Fsp3) is 0.724. The maximum absolute atomic E-state index is 2.61. The molecule has 0 fully saturated rings. The maximum atomic E-state index is 2.61. The Morgan fingerprint density at radius 3 is 0.759 bits per heavy atom. The second-order valence-corrected chi connectivity index (χ2v) is 9.53. The predicted molar refractivity (Wildman–Crippen MR) is 131 cm³/mol. The van der Waals surface area contributed by atoms with Gasteiger partial charge in [0.2, 0.25) is 0 Å². The highest BCUT2D eigenvalue weighted by Gasteiger charge is 2.48. The molecule has 2 aliphatic rings. The molecule has 0 bridgehead atoms. The van der Waals surface area contributed by atoms with Crippen molar-refractivity contribution < 1.29 is 0 Å². The molecule has 0 N–H and O–H groups in total. The van der Waals surface area contributed by atoms with Crippen LogP contribution in [0.4, 0.5) is 0 Å². The summed E-state index contributed by atoms with van der Waals surface area (Å²) in [6.07, 6.45) is 9.59. The lowest BCUT2D eigenvalue weighted by Crippen LogP contribution is -2.35. The first kappa shape index (κ1) is 24.2. The molecule has 0 amide bonds. The van der Waals surface area contributed by atoms with E-state index in [9.17, 15) is 0 Å². The molecular formula is C29H48. The van der Waals surface area contributed by atoms with Crippen LogP contribution < -0.4 is 0 Å². The van der Waals surface area contributed by atoms with Crippen LogP contribution >= 0.6 is 0 Å². The summed E-state index contributed by atoms with van der Waals surface area (Å²) in [7, 11) is 0. The molecule has 0 aliphatic heterocycles. The van der Waals surface area contributed by atoms with Gasteiger partial charge in [-0.1, -0.05) is 91.5 Å². The Kier molecular flexibility index (Phi) is 8.23. The van der Waals surface area contributed by atoms with E-state index in [1.54, 1.807) is 44.6 Å². The lowest BCUT2D eigenvalue weighted by molar-refractivity contribution is 0.205. The highest BCUT2D eigenvalue weighted by atomic mass is 14.5. The molecule has 0 aromatic rings. The van der Waals surface area contributed by atoms with Gasteiger partial charge in [-0.05, 0) is 79.1 Å². The Hall–Kier alpha value is -1.04. The molecule has 0 nitrogen and oxygen atoms in total. The summed E-state index contributed by atoms with van der Waals surface area (Å²) in [4.78, 5) is 0. The van der Waals surface area contributed by atoms with Gasteiger partial charge >= 0.3 is 0 Å². The Labute approximate surface area is 182 Å². The zero-order valence-electron chi connectivity index (χ0n) is 21.3. The highest BCUT2D eigenvalue weighted by Crippen LogP contribution is 2.59. The van der Waals surface area contributed by atoms with Crippen LogP contribution in [-0.2, 0) is 0 Å². The number of hydrogen-bond donors (Lipinski definition) is 0. The third kappa shape index (κ3) is 3.75. The van der Waals surface area contributed by atoms with E-state index in [-0.39, 0.29) is 5.41 Å². The van der Waals surface area contributed by atoms with Crippen LogP contribution in [0.25, 0.3) is 0 Å². The average Bonchev–Trinajstić information content (AvgIpc) is 3.24. The maximum Gasteiger partial charge on any atom is 0.00786 e. The van der Waals surface area contributed by atoms with Crippen molar-refractivity contribution in [1.82, 2.24) is 0 Å². The predicted octanol–water partition coefficient (Wildman–Crippen LogP) is 9.74. The molecule has 0 aromatic heterocycles. The molecule has 0 unspecified atom stereocenters. The summed E-state index contributed by atoms with van der Waals surface area (Å²) >= 11 is 0. The standard InChI is InChI=1S/C29H48/c1-11-19-20(12-2)24(16-6)27(23(19)15-5)29(9,10)28-25(17-7)21(13-3)22(14-4)26(28)18-8/h27-28H,11-18H2,1-10H3. The summed E-state index contributed by atoms with van der Waals surface area (Å²) in [6, 6.07) is 0. The Morgan fingerprint density at radius 1 is 0.414 bits per heavy atom. The third-order valence-electron chi connectivity index (χ3n) is 8.10. The molecule has 0 heterocycles. The minimum absolute atomic E-state index is 0.238. The third-order valence-corrected chi connectivity index (χ3v) is 8.10. The zero-order chi connectivity index (χ0) is 21.9. The van der Waals surface area contributed by atoms with Crippen molar-refractivity contribution in [2.45, 2.75) is 121 Å². The molecule has 0 heteroatoms. The minimum Gasteiger partial charge on any atom is -0.0616 e. The van der Waals surface area contributed by atoms with Gasteiger partial charge in [0.15, 0.2) is 0 Å². The quantitative estimate of drug-likeness (QED) is 0.344. The normalized spacial score (nSPS) is 19.7. The summed E-state index contributed by atoms with van der Waals surface area (Å²) < 4.78 is 0. The van der Waals surface area contributed by atoms with Crippen molar-refractivity contribution in [3.63, 3.8) is 0 Å². The van der Waals surface area contributed by atoms with Crippen molar-refractivity contribution in [3.05, 3.63) is 44.6 Å². The van der Waals surface area contributed by atoms with Gasteiger partial charge in [-0.3, -0.25) is 0 Å². The van der Waals surface area contributed by atoms with E-state index in [0.717, 1.165) is 0 Å². The van der Waals surface area contributed by atoms with E-state index < -0.39 is 0 Å². The Morgan fingerprint density at radius 2 is 0.621 bits per heavy atom. The molecule has 164 valence electrons. The fourth-order valence-electron chi connectivity index (χ4n) is 7.29. The van der Waals surface area contributed by atoms with Crippen LogP contribution in [0.1, 0.15) is 121 Å². The smallest absolute Gasteiger partial charge is 0.00786 e. The summed E-state index contributed by atoms with van der Waals surface area (Å²) in [5.74, 6) is 1.23. The van der Waals surface area contributed by atoms with Gasteiger partial charge in [-0.25, -0.2) is 0 Å². The molecule has 29 heavy (non-hydrogen) atoms. The van der Waals surface area contributed by atoms with Crippen LogP contribution in [0.15, 0.2) is 44.6 Å². The monoisotopic (exact) mass is 396 g/mol. The van der Waals surface area contributed by atoms with Gasteiger partial charge in [-0.15, -0.1) is 0 Å². The number of allylic oxidation sites excluding steroid dienone is 8. The van der Waals surface area contributed by atoms with Crippen molar-refractivity contribution >= 4 is 0 Å². The fourth-order valence-corrected chi connectivity index (χ4v) is 7.29. The van der Waals surface area contributed by atoms with Crippen LogP contribution in [0.2, 0.25) is 0 Å². The SMILES string of the molecule is CCC1=C(CC)C(C(C)(C)C2C(CC)=C(CC)C(CC)=C2CC)C(CC)=C1CC. The van der Waals surface area contributed by atoms with Crippen molar-refractivity contribution in [2.75, 3.05) is 0 Å². The topological polar surface area (TPSA) is 0 Å². The molecule has 0 aromatic carbocycles. The Balaban J connectivity index is 2.75. The molecule has 0 saturated carbocycles. The van der Waals surface area contributed by atoms with Crippen molar-refractivity contribution in [2.24, 2.45) is 17.3 Å². The first-order valence-electron chi connectivity index (χ1n) is 12.7. The van der Waals surface area contributed by atoms with Gasteiger partial charge in [0.1, 0.15) is 0 Å². The lowest BCUT2D eigenvalue weighted by atomic mass is 9.60. The van der Waals surface area contributed by atoms with Gasteiger partial charge in [0, 0.05) is 11.8 Å². The first-order chi connectivity index (χ1) is 13.8. The first-order valence-corrected chi connectivity index (χ1v) is 12.7. The summed E-state index contributed by atoms with van der Waals surface area (Å²) in [5.41, 5.74) is 14.1. The van der Waals surface area contributed by atoms with Gasteiger partial charge in [-0.2, -0.15) is 0 Å². The molecule has 0 radical (unpaired) electrons. The molecule has 0 atom stereocenters. The summed E-state index contributed by atoms with van der Waals surface area (Å²) in [5, 5.41) is 0. The largest absolute Gasteiger partial charge is 0.0616 e. The van der Waals surface area contributed by atoms with E-state index in [0.29, 0.717) is 11.8 Å². The highest BCUT2D eigenvalue weighted by molar-refractivity contribution is 5.55. The number of hydrogen-bond acceptors (Lipinski definition) is 0. The molecule has 0 spiro atoms. The van der Waals surface area contributed by atoms with Crippen LogP contribution in [0.5, 0.6) is 0 Å². The molecule has 0 saturated heterocycles. The number of rotatable bonds is 10. The lowest BCUT2D eigenvalue weighted by Gasteiger charge is -2.43. The van der Waals surface area contributed by atoms with Gasteiger partial charge in [0.25, 0.3) is 0 Å². The minimum atomic E-state index is 0.238. The van der Waals surface area contributed by atoms with E-state index in [4.69, 9.17) is 0 Å². The second-order valence-electron chi connectivity index (χ2n) is 9.53. The molecule has 2 aliphatic carbocycles. The molecular weight excluding hydrogens is 348 g/mol. The van der Waals surface area contributed by atoms with Crippen molar-refractivity contribution in [1.29, 1.82) is 0 Å². The zero-order valence-corrected chi connectivity index (χ0v) is 21.3. The van der Waals surface area contributed by atoms with E-state index in [2.05, 4.69) is 69.2 Å². The van der Waals surface area contributed by atoms with Crippen LogP contribution in [-0.4, -0.2) is 0 Å². The summed E-state index contributed by atoms with van der Waals surface area (Å²) in [6.45, 7) is 24.3. The van der Waals surface area contributed by atoms with E-state index in [1.807, 2.05) is 0 Å². The van der Waals surface area contributed by atoms with Gasteiger partial charge < -0.3 is 0 Å². The van der Waals surface area contributed by atoms with Crippen molar-refractivity contribution in [3.8, 4) is 0 Å². The van der Waals surface area contributed by atoms with Crippen LogP contribution in [0.3, 0.4) is 0 Å². The molecule has 2 rings (SSSR count). The van der Waals surface area contributed by atoms with E-state index >= 15 is 0 Å². The van der Waals surface area contributed by atoms with Gasteiger partial charge in [0.05, 0.1) is 0 Å². The van der Waals surface area contributed by atoms with Crippen LogP contribution in [0, 0.1) is 17.3 Å². The average molecular weight is 397 g/mol.